The second-order valence-corrected chi connectivity index (χ2v) is 6.95. The zero-order valence-electron chi connectivity index (χ0n) is 6.66. The number of sulfone groups is 1. The van der Waals surface area contributed by atoms with E-state index in [2.05, 4.69) is 5.48 Å². The highest BCUT2D eigenvalue weighted by Crippen LogP contribution is 2.28. The van der Waals surface area contributed by atoms with Crippen molar-refractivity contribution >= 4 is 56.2 Å². The van der Waals surface area contributed by atoms with Crippen LogP contribution in [0.1, 0.15) is 0 Å². The molecule has 4 unspecified atom stereocenters. The Morgan fingerprint density at radius 2 is 1.71 bits per heavy atom. The van der Waals surface area contributed by atoms with Gasteiger partial charge in [0.2, 0.25) is 0 Å². The molecule has 1 fully saturated rings. The van der Waals surface area contributed by atoms with Crippen molar-refractivity contribution in [1.82, 2.24) is 5.48 Å². The molecular weight excluding hydrogens is 296 g/mol. The topological polar surface area (TPSA) is 55.4 Å². The highest BCUT2D eigenvalue weighted by molar-refractivity contribution is 7.93. The van der Waals surface area contributed by atoms with Gasteiger partial charge in [-0.05, 0) is 0 Å². The predicted octanol–water partition coefficient (Wildman–Crippen LogP) is 1.24. The molecule has 1 heterocycles. The fourth-order valence-corrected chi connectivity index (χ4v) is 3.38. The van der Waals surface area contributed by atoms with Gasteiger partial charge < -0.3 is 0 Å². The van der Waals surface area contributed by atoms with E-state index in [-0.39, 0.29) is 0 Å². The summed E-state index contributed by atoms with van der Waals surface area (Å²) < 4.78 is 21.4. The normalized spacial score (nSPS) is 44.0. The van der Waals surface area contributed by atoms with Crippen LogP contribution in [0.5, 0.6) is 0 Å². The van der Waals surface area contributed by atoms with Crippen LogP contribution in [-0.4, -0.2) is 35.3 Å². The molecule has 14 heavy (non-hydrogen) atoms. The molecule has 0 aliphatic carbocycles. The monoisotopic (exact) mass is 301 g/mol. The second-order valence-electron chi connectivity index (χ2n) is 2.66. The van der Waals surface area contributed by atoms with Crippen LogP contribution in [0.25, 0.3) is 0 Å². The van der Waals surface area contributed by atoms with E-state index in [4.69, 9.17) is 51.2 Å². The molecule has 1 aliphatic rings. The first-order chi connectivity index (χ1) is 6.36. The Morgan fingerprint density at radius 3 is 2.29 bits per heavy atom. The quantitative estimate of drug-likeness (QED) is 0.684. The summed E-state index contributed by atoms with van der Waals surface area (Å²) in [5.74, 6) is -0.447. The summed E-state index contributed by atoms with van der Waals surface area (Å²) in [5, 5.41) is -1.91. The summed E-state index contributed by atoms with van der Waals surface area (Å²) in [6.45, 7) is 0. The average Bonchev–Trinajstić information content (AvgIpc) is 2.12. The fraction of sp³-hybridized carbons (Fsp3) is 1.00. The standard InChI is InChI=1S/C5H7Cl4NO3S/c6-2-3(7)5(9)14(11,12)1-10-13-4(2)8/h2-5,10H,1H2. The molecule has 84 valence electrons. The zero-order chi connectivity index (χ0) is 10.9. The van der Waals surface area contributed by atoms with Crippen molar-refractivity contribution in [2.24, 2.45) is 0 Å². The molecule has 0 spiro atoms. The Kier molecular flexibility index (Phi) is 4.59. The molecule has 1 saturated heterocycles. The van der Waals surface area contributed by atoms with E-state index >= 15 is 0 Å². The molecule has 0 amide bonds. The van der Waals surface area contributed by atoms with Gasteiger partial charge in [-0.25, -0.2) is 8.42 Å². The first-order valence-electron chi connectivity index (χ1n) is 3.52. The maximum absolute atomic E-state index is 11.4. The number of rotatable bonds is 0. The van der Waals surface area contributed by atoms with Gasteiger partial charge in [-0.1, -0.05) is 11.6 Å². The third-order valence-corrected chi connectivity index (χ3v) is 6.11. The highest BCUT2D eigenvalue weighted by Gasteiger charge is 2.40. The van der Waals surface area contributed by atoms with Crippen LogP contribution in [0.3, 0.4) is 0 Å². The largest absolute Gasteiger partial charge is 0.280 e. The van der Waals surface area contributed by atoms with Crippen LogP contribution < -0.4 is 5.48 Å². The summed E-state index contributed by atoms with van der Waals surface area (Å²) in [7, 11) is -3.57. The van der Waals surface area contributed by atoms with E-state index in [0.717, 1.165) is 0 Å². The van der Waals surface area contributed by atoms with E-state index in [1.54, 1.807) is 0 Å². The minimum Gasteiger partial charge on any atom is -0.280 e. The van der Waals surface area contributed by atoms with E-state index < -0.39 is 36.7 Å². The van der Waals surface area contributed by atoms with Crippen LogP contribution in [0, 0.1) is 0 Å². The van der Waals surface area contributed by atoms with Crippen LogP contribution in [0.4, 0.5) is 0 Å². The number of hydrogen-bond acceptors (Lipinski definition) is 4. The van der Waals surface area contributed by atoms with Crippen molar-refractivity contribution in [3.05, 3.63) is 0 Å². The van der Waals surface area contributed by atoms with Gasteiger partial charge in [0.1, 0.15) is 5.88 Å². The van der Waals surface area contributed by atoms with Crippen LogP contribution in [0.2, 0.25) is 0 Å². The molecule has 0 saturated carbocycles. The predicted molar refractivity (Wildman–Crippen MR) is 56.6 cm³/mol. The molecule has 1 aliphatic heterocycles. The van der Waals surface area contributed by atoms with E-state index in [1.165, 1.54) is 0 Å². The highest BCUT2D eigenvalue weighted by atomic mass is 35.5. The minimum absolute atomic E-state index is 0.447. The van der Waals surface area contributed by atoms with Gasteiger partial charge >= 0.3 is 0 Å². The van der Waals surface area contributed by atoms with Gasteiger partial charge in [0.15, 0.2) is 20.1 Å². The van der Waals surface area contributed by atoms with Gasteiger partial charge in [-0.2, -0.15) is 5.48 Å². The molecule has 9 heteroatoms. The first kappa shape index (κ1) is 13.1. The minimum atomic E-state index is -3.57. The fourth-order valence-electron chi connectivity index (χ4n) is 0.828. The third kappa shape index (κ3) is 2.78. The first-order valence-corrected chi connectivity index (χ1v) is 6.99. The lowest BCUT2D eigenvalue weighted by atomic mass is 10.3. The summed E-state index contributed by atoms with van der Waals surface area (Å²) in [4.78, 5) is 4.71. The van der Waals surface area contributed by atoms with Gasteiger partial charge in [-0.3, -0.25) is 4.84 Å². The van der Waals surface area contributed by atoms with Crippen molar-refractivity contribution in [1.29, 1.82) is 0 Å². The van der Waals surface area contributed by atoms with E-state index in [0.29, 0.717) is 0 Å². The lowest BCUT2D eigenvalue weighted by molar-refractivity contribution is 0.0251. The van der Waals surface area contributed by atoms with Gasteiger partial charge in [-0.15, -0.1) is 34.8 Å². The van der Waals surface area contributed by atoms with Gasteiger partial charge in [0.25, 0.3) is 0 Å². The molecule has 1 rings (SSSR count). The van der Waals surface area contributed by atoms with Crippen molar-refractivity contribution in [2.45, 2.75) is 21.0 Å². The molecule has 1 N–H and O–H groups in total. The molecule has 0 aromatic carbocycles. The summed E-state index contributed by atoms with van der Waals surface area (Å²) in [6, 6.07) is 0. The Labute approximate surface area is 102 Å². The molecule has 0 radical (unpaired) electrons. The van der Waals surface area contributed by atoms with Crippen LogP contribution >= 0.6 is 46.4 Å². The maximum Gasteiger partial charge on any atom is 0.183 e. The molecule has 4 atom stereocenters. The third-order valence-electron chi connectivity index (χ3n) is 1.60. The molecule has 0 aromatic heterocycles. The summed E-state index contributed by atoms with van der Waals surface area (Å²) in [6.07, 6.45) is 0. The Morgan fingerprint density at radius 1 is 1.14 bits per heavy atom. The Balaban J connectivity index is 2.90. The Hall–Kier alpha value is 1.03. The maximum atomic E-state index is 11.4. The van der Waals surface area contributed by atoms with Crippen molar-refractivity contribution < 1.29 is 13.3 Å². The SMILES string of the molecule is O=S1(=O)CNOC(Cl)C(Cl)C(Cl)C1Cl. The Bertz CT molecular complexity index is 297. The summed E-state index contributed by atoms with van der Waals surface area (Å²) in [5.41, 5.74) is 1.23. The lowest BCUT2D eigenvalue weighted by Crippen LogP contribution is -2.46. The van der Waals surface area contributed by atoms with Crippen LogP contribution in [-0.2, 0) is 14.7 Å². The van der Waals surface area contributed by atoms with Crippen molar-refractivity contribution in [2.75, 3.05) is 5.88 Å². The molecular formula is C5H7Cl4NO3S. The van der Waals surface area contributed by atoms with E-state index in [9.17, 15) is 8.42 Å². The van der Waals surface area contributed by atoms with Crippen molar-refractivity contribution in [3.8, 4) is 0 Å². The number of nitrogens with one attached hydrogen (secondary N) is 1. The molecule has 0 bridgehead atoms. The number of hydrogen-bond donors (Lipinski definition) is 1. The molecule has 4 nitrogen and oxygen atoms in total. The van der Waals surface area contributed by atoms with Crippen molar-refractivity contribution in [3.63, 3.8) is 0 Å². The second kappa shape index (κ2) is 4.91. The number of alkyl halides is 4. The van der Waals surface area contributed by atoms with Gasteiger partial charge in [0.05, 0.1) is 10.8 Å². The van der Waals surface area contributed by atoms with Gasteiger partial charge in [0, 0.05) is 0 Å². The molecule has 0 aromatic rings. The van der Waals surface area contributed by atoms with Crippen LogP contribution in [0.15, 0.2) is 0 Å². The number of hydroxylamine groups is 1. The summed E-state index contributed by atoms with van der Waals surface area (Å²) >= 11 is 22.8. The average molecular weight is 303 g/mol. The van der Waals surface area contributed by atoms with E-state index in [1.807, 2.05) is 0 Å². The lowest BCUT2D eigenvalue weighted by Gasteiger charge is -2.27. The number of halogens is 4. The zero-order valence-corrected chi connectivity index (χ0v) is 10.5. The smallest absolute Gasteiger partial charge is 0.183 e.